The maximum atomic E-state index is 6.65. The number of hydrogen-bond donors (Lipinski definition) is 1. The first kappa shape index (κ1) is 14.5. The van der Waals surface area contributed by atoms with Crippen LogP contribution in [-0.2, 0) is 6.54 Å². The monoisotopic (exact) mass is 264 g/mol. The second-order valence-corrected chi connectivity index (χ2v) is 6.02. The van der Waals surface area contributed by atoms with Crippen molar-refractivity contribution in [3.05, 3.63) is 18.0 Å². The van der Waals surface area contributed by atoms with E-state index in [0.29, 0.717) is 0 Å². The Balaban J connectivity index is 2.26. The standard InChI is InChI=1S/C15H28N4/c1-4-19-12-13(11-17-19)14(16)15(18(2)3)9-7-5-6-8-10-15/h11-12,14H,4-10,16H2,1-3H3. The van der Waals surface area contributed by atoms with E-state index >= 15 is 0 Å². The van der Waals surface area contributed by atoms with Crippen molar-refractivity contribution in [3.8, 4) is 0 Å². The van der Waals surface area contributed by atoms with Gasteiger partial charge in [0.1, 0.15) is 0 Å². The summed E-state index contributed by atoms with van der Waals surface area (Å²) in [5.41, 5.74) is 7.92. The Labute approximate surface area is 117 Å². The van der Waals surface area contributed by atoms with Gasteiger partial charge in [-0.25, -0.2) is 0 Å². The first-order valence-electron chi connectivity index (χ1n) is 7.55. The molecule has 2 rings (SSSR count). The van der Waals surface area contributed by atoms with E-state index in [4.69, 9.17) is 5.73 Å². The summed E-state index contributed by atoms with van der Waals surface area (Å²) in [7, 11) is 4.35. The zero-order valence-corrected chi connectivity index (χ0v) is 12.6. The van der Waals surface area contributed by atoms with E-state index in [0.717, 1.165) is 6.54 Å². The minimum atomic E-state index is 0.0564. The number of rotatable bonds is 4. The Kier molecular flexibility index (Phi) is 4.63. The summed E-state index contributed by atoms with van der Waals surface area (Å²) in [6.07, 6.45) is 11.7. The summed E-state index contributed by atoms with van der Waals surface area (Å²) in [5, 5.41) is 4.38. The molecule has 0 aromatic carbocycles. The molecule has 4 nitrogen and oxygen atoms in total. The summed E-state index contributed by atoms with van der Waals surface area (Å²) >= 11 is 0. The van der Waals surface area contributed by atoms with Gasteiger partial charge in [-0.05, 0) is 33.9 Å². The molecule has 2 N–H and O–H groups in total. The van der Waals surface area contributed by atoms with Crippen molar-refractivity contribution in [2.75, 3.05) is 14.1 Å². The molecule has 1 fully saturated rings. The maximum absolute atomic E-state index is 6.65. The minimum absolute atomic E-state index is 0.0564. The second-order valence-electron chi connectivity index (χ2n) is 6.02. The lowest BCUT2D eigenvalue weighted by Crippen LogP contribution is -2.52. The van der Waals surface area contributed by atoms with E-state index in [1.54, 1.807) is 0 Å². The van der Waals surface area contributed by atoms with Crippen molar-refractivity contribution in [1.82, 2.24) is 14.7 Å². The second kappa shape index (κ2) is 6.06. The van der Waals surface area contributed by atoms with E-state index in [2.05, 4.69) is 37.2 Å². The summed E-state index contributed by atoms with van der Waals surface area (Å²) in [6.45, 7) is 3.01. The number of nitrogens with zero attached hydrogens (tertiary/aromatic N) is 3. The van der Waals surface area contributed by atoms with E-state index < -0.39 is 0 Å². The van der Waals surface area contributed by atoms with Crippen molar-refractivity contribution < 1.29 is 0 Å². The lowest BCUT2D eigenvalue weighted by Gasteiger charge is -2.44. The van der Waals surface area contributed by atoms with Crippen molar-refractivity contribution in [2.45, 2.75) is 63.6 Å². The van der Waals surface area contributed by atoms with Gasteiger partial charge < -0.3 is 10.6 Å². The number of aromatic nitrogens is 2. The van der Waals surface area contributed by atoms with Crippen molar-refractivity contribution in [2.24, 2.45) is 5.73 Å². The van der Waals surface area contributed by atoms with Gasteiger partial charge in [-0.1, -0.05) is 25.7 Å². The highest BCUT2D eigenvalue weighted by molar-refractivity contribution is 5.17. The van der Waals surface area contributed by atoms with E-state index in [-0.39, 0.29) is 11.6 Å². The first-order valence-corrected chi connectivity index (χ1v) is 7.55. The normalized spacial score (nSPS) is 21.3. The Bertz CT molecular complexity index is 389. The molecule has 1 unspecified atom stereocenters. The highest BCUT2D eigenvalue weighted by atomic mass is 15.3. The third-order valence-corrected chi connectivity index (χ3v) is 4.78. The fraction of sp³-hybridized carbons (Fsp3) is 0.800. The fourth-order valence-electron chi connectivity index (χ4n) is 3.40. The van der Waals surface area contributed by atoms with Crippen LogP contribution in [0.15, 0.2) is 12.4 Å². The molecule has 4 heteroatoms. The molecule has 1 atom stereocenters. The van der Waals surface area contributed by atoms with Crippen LogP contribution >= 0.6 is 0 Å². The first-order chi connectivity index (χ1) is 9.10. The SMILES string of the molecule is CCn1cc(C(N)C2(N(C)C)CCCCCC2)cn1. The zero-order chi connectivity index (χ0) is 13.9. The third kappa shape index (κ3) is 2.84. The minimum Gasteiger partial charge on any atom is -0.322 e. The Morgan fingerprint density at radius 1 is 1.32 bits per heavy atom. The Hall–Kier alpha value is -0.870. The molecule has 1 aliphatic carbocycles. The van der Waals surface area contributed by atoms with Crippen LogP contribution in [-0.4, -0.2) is 34.3 Å². The molecular weight excluding hydrogens is 236 g/mol. The van der Waals surface area contributed by atoms with Gasteiger partial charge in [-0.15, -0.1) is 0 Å². The molecule has 108 valence electrons. The smallest absolute Gasteiger partial charge is 0.0538 e. The Morgan fingerprint density at radius 2 is 1.95 bits per heavy atom. The largest absolute Gasteiger partial charge is 0.322 e. The average molecular weight is 264 g/mol. The van der Waals surface area contributed by atoms with Gasteiger partial charge in [-0.3, -0.25) is 4.68 Å². The third-order valence-electron chi connectivity index (χ3n) is 4.78. The molecule has 0 spiro atoms. The molecule has 0 saturated heterocycles. The Morgan fingerprint density at radius 3 is 2.42 bits per heavy atom. The van der Waals surface area contributed by atoms with Gasteiger partial charge in [0.15, 0.2) is 0 Å². The van der Waals surface area contributed by atoms with Crippen LogP contribution < -0.4 is 5.73 Å². The van der Waals surface area contributed by atoms with Gasteiger partial charge in [0.25, 0.3) is 0 Å². The van der Waals surface area contributed by atoms with E-state index in [9.17, 15) is 0 Å². The van der Waals surface area contributed by atoms with E-state index in [1.165, 1.54) is 44.1 Å². The fourth-order valence-corrected chi connectivity index (χ4v) is 3.40. The molecule has 0 bridgehead atoms. The lowest BCUT2D eigenvalue weighted by molar-refractivity contribution is 0.0968. The molecule has 1 aliphatic rings. The van der Waals surface area contributed by atoms with Crippen molar-refractivity contribution in [3.63, 3.8) is 0 Å². The molecule has 0 aliphatic heterocycles. The van der Waals surface area contributed by atoms with Gasteiger partial charge >= 0.3 is 0 Å². The molecule has 0 amide bonds. The van der Waals surface area contributed by atoms with Crippen molar-refractivity contribution >= 4 is 0 Å². The molecular formula is C15H28N4. The number of hydrogen-bond acceptors (Lipinski definition) is 3. The topological polar surface area (TPSA) is 47.1 Å². The summed E-state index contributed by atoms with van der Waals surface area (Å²) < 4.78 is 1.97. The zero-order valence-electron chi connectivity index (χ0n) is 12.6. The highest BCUT2D eigenvalue weighted by Gasteiger charge is 2.40. The van der Waals surface area contributed by atoms with Gasteiger partial charge in [0.05, 0.1) is 12.2 Å². The van der Waals surface area contributed by atoms with Crippen LogP contribution in [0.4, 0.5) is 0 Å². The summed E-state index contributed by atoms with van der Waals surface area (Å²) in [6, 6.07) is 0.0564. The van der Waals surface area contributed by atoms with Crippen molar-refractivity contribution in [1.29, 1.82) is 0 Å². The van der Waals surface area contributed by atoms with Crippen LogP contribution in [0.2, 0.25) is 0 Å². The quantitative estimate of drug-likeness (QED) is 0.850. The molecule has 1 aromatic rings. The maximum Gasteiger partial charge on any atom is 0.0538 e. The summed E-state index contributed by atoms with van der Waals surface area (Å²) in [4.78, 5) is 2.35. The predicted molar refractivity (Wildman–Crippen MR) is 78.9 cm³/mol. The average Bonchev–Trinajstić information content (AvgIpc) is 2.74. The van der Waals surface area contributed by atoms with Crippen LogP contribution in [0.5, 0.6) is 0 Å². The van der Waals surface area contributed by atoms with Crippen LogP contribution in [0.25, 0.3) is 0 Å². The van der Waals surface area contributed by atoms with E-state index in [1.807, 2.05) is 10.9 Å². The number of nitrogens with two attached hydrogens (primary N) is 1. The van der Waals surface area contributed by atoms with Gasteiger partial charge in [0, 0.05) is 23.8 Å². The van der Waals surface area contributed by atoms with Crippen LogP contribution in [0, 0.1) is 0 Å². The van der Waals surface area contributed by atoms with Gasteiger partial charge in [0.2, 0.25) is 0 Å². The number of likely N-dealkylation sites (N-methyl/N-ethyl adjacent to an activating group) is 1. The molecule has 19 heavy (non-hydrogen) atoms. The summed E-state index contributed by atoms with van der Waals surface area (Å²) in [5.74, 6) is 0. The molecule has 1 aromatic heterocycles. The van der Waals surface area contributed by atoms with Crippen LogP contribution in [0.3, 0.4) is 0 Å². The van der Waals surface area contributed by atoms with Crippen LogP contribution in [0.1, 0.15) is 57.1 Å². The molecule has 1 heterocycles. The molecule has 0 radical (unpaired) electrons. The number of aryl methyl sites for hydroxylation is 1. The predicted octanol–water partition coefficient (Wildman–Crippen LogP) is 2.56. The lowest BCUT2D eigenvalue weighted by atomic mass is 9.79. The van der Waals surface area contributed by atoms with Gasteiger partial charge in [-0.2, -0.15) is 5.10 Å². The highest BCUT2D eigenvalue weighted by Crippen LogP contribution is 2.39. The molecule has 1 saturated carbocycles.